The molecule has 0 aliphatic rings. The van der Waals surface area contributed by atoms with Crippen molar-refractivity contribution in [2.75, 3.05) is 5.73 Å². The minimum Gasteiger partial charge on any atom is -0.383 e. The predicted octanol–water partition coefficient (Wildman–Crippen LogP) is 1.73. The Morgan fingerprint density at radius 3 is 3.00 bits per heavy atom. The average Bonchev–Trinajstić information content (AvgIpc) is 2.07. The fraction of sp³-hybridized carbons (Fsp3) is 0.300. The van der Waals surface area contributed by atoms with E-state index in [9.17, 15) is 0 Å². The number of hydrogen-bond donors (Lipinski definition) is 1. The topological polar surface area (TPSA) is 38.9 Å². The number of nitrogens with two attached hydrogens (primary N) is 1. The molecule has 0 saturated carbocycles. The van der Waals surface area contributed by atoms with Gasteiger partial charge in [0.15, 0.2) is 0 Å². The molecule has 0 radical (unpaired) electrons. The zero-order chi connectivity index (χ0) is 8.97. The van der Waals surface area contributed by atoms with E-state index in [1.54, 1.807) is 6.20 Å². The minimum absolute atomic E-state index is 0.515. The maximum atomic E-state index is 5.62. The van der Waals surface area contributed by atoms with E-state index in [1.807, 2.05) is 19.9 Å². The molecule has 0 aliphatic heterocycles. The lowest BCUT2D eigenvalue weighted by Gasteiger charge is -1.97. The van der Waals surface area contributed by atoms with Crippen molar-refractivity contribution in [1.82, 2.24) is 4.98 Å². The number of pyridine rings is 1. The van der Waals surface area contributed by atoms with Gasteiger partial charge in [0.1, 0.15) is 5.82 Å². The van der Waals surface area contributed by atoms with E-state index in [4.69, 9.17) is 5.73 Å². The molecule has 0 fully saturated rings. The first kappa shape index (κ1) is 8.61. The van der Waals surface area contributed by atoms with Crippen molar-refractivity contribution in [2.45, 2.75) is 20.3 Å². The molecule has 1 aromatic heterocycles. The number of nitrogen functional groups attached to an aromatic ring is 1. The molecule has 1 heterocycles. The van der Waals surface area contributed by atoms with E-state index in [1.165, 1.54) is 0 Å². The van der Waals surface area contributed by atoms with Gasteiger partial charge in [-0.3, -0.25) is 0 Å². The van der Waals surface area contributed by atoms with Gasteiger partial charge in [-0.05, 0) is 18.6 Å². The van der Waals surface area contributed by atoms with Crippen LogP contribution in [0.15, 0.2) is 12.3 Å². The summed E-state index contributed by atoms with van der Waals surface area (Å²) in [4.78, 5) is 4.01. The largest absolute Gasteiger partial charge is 0.383 e. The Morgan fingerprint density at radius 2 is 2.33 bits per heavy atom. The number of aryl methyl sites for hydroxylation is 1. The van der Waals surface area contributed by atoms with E-state index >= 15 is 0 Å². The van der Waals surface area contributed by atoms with E-state index in [-0.39, 0.29) is 0 Å². The quantitative estimate of drug-likeness (QED) is 0.587. The van der Waals surface area contributed by atoms with Crippen LogP contribution in [0.1, 0.15) is 24.5 Å². The van der Waals surface area contributed by atoms with Gasteiger partial charge in [0.05, 0.1) is 5.56 Å². The summed E-state index contributed by atoms with van der Waals surface area (Å²) in [6.45, 7) is 3.98. The standard InChI is InChI=1S/C10H12N2/c1-3-4-5-9-6-8(2)7-12-10(9)11/h6-7H,3H2,1-2H3,(H2,11,12). The molecule has 0 spiro atoms. The fourth-order valence-corrected chi connectivity index (χ4v) is 0.864. The van der Waals surface area contributed by atoms with Crippen LogP contribution in [0.25, 0.3) is 0 Å². The van der Waals surface area contributed by atoms with Gasteiger partial charge in [-0.25, -0.2) is 4.98 Å². The lowest BCUT2D eigenvalue weighted by atomic mass is 10.2. The Kier molecular flexibility index (Phi) is 2.71. The highest BCUT2D eigenvalue weighted by molar-refractivity contribution is 5.51. The first-order chi connectivity index (χ1) is 5.74. The Bertz CT molecular complexity index is 331. The monoisotopic (exact) mass is 160 g/mol. The summed E-state index contributed by atoms with van der Waals surface area (Å²) < 4.78 is 0. The van der Waals surface area contributed by atoms with Crippen molar-refractivity contribution in [2.24, 2.45) is 0 Å². The third kappa shape index (κ3) is 2.00. The van der Waals surface area contributed by atoms with E-state index in [0.717, 1.165) is 17.5 Å². The highest BCUT2D eigenvalue weighted by Gasteiger charge is 1.95. The summed E-state index contributed by atoms with van der Waals surface area (Å²) in [6.07, 6.45) is 2.58. The molecule has 0 unspecified atom stereocenters. The zero-order valence-corrected chi connectivity index (χ0v) is 7.39. The zero-order valence-electron chi connectivity index (χ0n) is 7.39. The molecule has 0 aromatic carbocycles. The summed E-state index contributed by atoms with van der Waals surface area (Å²) in [5.41, 5.74) is 7.53. The number of nitrogens with zero attached hydrogens (tertiary/aromatic N) is 1. The summed E-state index contributed by atoms with van der Waals surface area (Å²) in [6, 6.07) is 1.95. The van der Waals surface area contributed by atoms with Gasteiger partial charge in [0, 0.05) is 12.6 Å². The third-order valence-corrected chi connectivity index (χ3v) is 1.46. The summed E-state index contributed by atoms with van der Waals surface area (Å²) >= 11 is 0. The molecule has 0 bridgehead atoms. The van der Waals surface area contributed by atoms with Crippen LogP contribution in [0.4, 0.5) is 5.82 Å². The molecule has 2 heteroatoms. The highest BCUT2D eigenvalue weighted by Crippen LogP contribution is 2.07. The van der Waals surface area contributed by atoms with Crippen molar-refractivity contribution in [3.63, 3.8) is 0 Å². The Hall–Kier alpha value is -1.49. The number of hydrogen-bond acceptors (Lipinski definition) is 2. The van der Waals surface area contributed by atoms with Gasteiger partial charge < -0.3 is 5.73 Å². The van der Waals surface area contributed by atoms with Crippen LogP contribution in [0.2, 0.25) is 0 Å². The van der Waals surface area contributed by atoms with Crippen molar-refractivity contribution in [1.29, 1.82) is 0 Å². The molecular weight excluding hydrogens is 148 g/mol. The van der Waals surface area contributed by atoms with Crippen LogP contribution in [-0.2, 0) is 0 Å². The molecule has 0 atom stereocenters. The Labute approximate surface area is 72.8 Å². The maximum Gasteiger partial charge on any atom is 0.139 e. The second-order valence-electron chi connectivity index (χ2n) is 2.60. The Morgan fingerprint density at radius 1 is 1.58 bits per heavy atom. The van der Waals surface area contributed by atoms with Gasteiger partial charge in [-0.15, -0.1) is 0 Å². The van der Waals surface area contributed by atoms with Crippen LogP contribution < -0.4 is 5.73 Å². The number of anilines is 1. The van der Waals surface area contributed by atoms with Crippen LogP contribution >= 0.6 is 0 Å². The van der Waals surface area contributed by atoms with E-state index < -0.39 is 0 Å². The molecule has 1 aromatic rings. The number of rotatable bonds is 0. The second kappa shape index (κ2) is 3.77. The van der Waals surface area contributed by atoms with Crippen LogP contribution in [-0.4, -0.2) is 4.98 Å². The SMILES string of the molecule is CCC#Cc1cc(C)cnc1N. The molecule has 1 rings (SSSR count). The smallest absolute Gasteiger partial charge is 0.139 e. The van der Waals surface area contributed by atoms with Gasteiger partial charge in [-0.1, -0.05) is 18.8 Å². The normalized spacial score (nSPS) is 8.83. The van der Waals surface area contributed by atoms with Gasteiger partial charge in [-0.2, -0.15) is 0 Å². The lowest BCUT2D eigenvalue weighted by Crippen LogP contribution is -1.94. The second-order valence-corrected chi connectivity index (χ2v) is 2.60. The molecule has 12 heavy (non-hydrogen) atoms. The van der Waals surface area contributed by atoms with E-state index in [0.29, 0.717) is 5.82 Å². The molecule has 0 saturated heterocycles. The highest BCUT2D eigenvalue weighted by atomic mass is 14.8. The van der Waals surface area contributed by atoms with Gasteiger partial charge >= 0.3 is 0 Å². The van der Waals surface area contributed by atoms with Crippen LogP contribution in [0, 0.1) is 18.8 Å². The van der Waals surface area contributed by atoms with Crippen LogP contribution in [0.3, 0.4) is 0 Å². The van der Waals surface area contributed by atoms with Crippen molar-refractivity contribution in [3.8, 4) is 11.8 Å². The minimum atomic E-state index is 0.515. The average molecular weight is 160 g/mol. The number of aromatic nitrogens is 1. The summed E-state index contributed by atoms with van der Waals surface area (Å²) in [5.74, 6) is 6.44. The predicted molar refractivity (Wildman–Crippen MR) is 50.6 cm³/mol. The molecular formula is C10H12N2. The Balaban J connectivity index is 3.05. The molecule has 0 amide bonds. The summed E-state index contributed by atoms with van der Waals surface area (Å²) in [7, 11) is 0. The third-order valence-electron chi connectivity index (χ3n) is 1.46. The van der Waals surface area contributed by atoms with Gasteiger partial charge in [0.2, 0.25) is 0 Å². The van der Waals surface area contributed by atoms with E-state index in [2.05, 4.69) is 16.8 Å². The van der Waals surface area contributed by atoms with Crippen molar-refractivity contribution >= 4 is 5.82 Å². The molecule has 62 valence electrons. The first-order valence-corrected chi connectivity index (χ1v) is 3.95. The van der Waals surface area contributed by atoms with Crippen LogP contribution in [0.5, 0.6) is 0 Å². The van der Waals surface area contributed by atoms with Crippen molar-refractivity contribution in [3.05, 3.63) is 23.4 Å². The van der Waals surface area contributed by atoms with Gasteiger partial charge in [0.25, 0.3) is 0 Å². The lowest BCUT2D eigenvalue weighted by molar-refractivity contribution is 1.25. The molecule has 2 N–H and O–H groups in total. The molecule has 2 nitrogen and oxygen atoms in total. The fourth-order valence-electron chi connectivity index (χ4n) is 0.864. The molecule has 0 aliphatic carbocycles. The first-order valence-electron chi connectivity index (χ1n) is 3.95. The van der Waals surface area contributed by atoms with Crippen molar-refractivity contribution < 1.29 is 0 Å². The summed E-state index contributed by atoms with van der Waals surface area (Å²) in [5, 5.41) is 0. The maximum absolute atomic E-state index is 5.62.